The lowest BCUT2D eigenvalue weighted by Crippen LogP contribution is -2.48. The van der Waals surface area contributed by atoms with E-state index < -0.39 is 0 Å². The van der Waals surface area contributed by atoms with Crippen LogP contribution in [-0.4, -0.2) is 41.9 Å². The molecule has 1 saturated heterocycles. The van der Waals surface area contributed by atoms with Crippen LogP contribution in [0.1, 0.15) is 20.3 Å². The minimum atomic E-state index is 0.160. The Morgan fingerprint density at radius 3 is 2.46 bits per heavy atom. The summed E-state index contributed by atoms with van der Waals surface area (Å²) in [6.07, 6.45) is 0.850. The van der Waals surface area contributed by atoms with E-state index in [4.69, 9.17) is 4.74 Å². The number of hydrogen-bond donors (Lipinski definition) is 1. The van der Waals surface area contributed by atoms with E-state index in [1.807, 2.05) is 18.7 Å². The van der Waals surface area contributed by atoms with Gasteiger partial charge in [-0.2, -0.15) is 12.6 Å². The Hall–Kier alpha value is -0.220. The molecule has 0 saturated carbocycles. The zero-order valence-corrected chi connectivity index (χ0v) is 9.09. The minimum Gasteiger partial charge on any atom is -0.372 e. The lowest BCUT2D eigenvalue weighted by atomic mass is 10.2. The summed E-state index contributed by atoms with van der Waals surface area (Å²) in [5, 5.41) is 0. The van der Waals surface area contributed by atoms with Crippen molar-refractivity contribution in [1.29, 1.82) is 0 Å². The summed E-state index contributed by atoms with van der Waals surface area (Å²) in [6.45, 7) is 5.43. The maximum Gasteiger partial charge on any atom is 0.223 e. The molecule has 0 bridgehead atoms. The van der Waals surface area contributed by atoms with Gasteiger partial charge in [0.05, 0.1) is 12.2 Å². The smallest absolute Gasteiger partial charge is 0.223 e. The Balaban J connectivity index is 2.45. The quantitative estimate of drug-likeness (QED) is 0.677. The lowest BCUT2D eigenvalue weighted by Gasteiger charge is -2.35. The average molecular weight is 203 g/mol. The van der Waals surface area contributed by atoms with Gasteiger partial charge in [-0.05, 0) is 19.6 Å². The third-order valence-electron chi connectivity index (χ3n) is 2.10. The monoisotopic (exact) mass is 203 g/mol. The van der Waals surface area contributed by atoms with Crippen molar-refractivity contribution in [2.24, 2.45) is 0 Å². The summed E-state index contributed by atoms with van der Waals surface area (Å²) in [4.78, 5) is 13.4. The summed E-state index contributed by atoms with van der Waals surface area (Å²) < 4.78 is 5.53. The van der Waals surface area contributed by atoms with Gasteiger partial charge < -0.3 is 9.64 Å². The first-order valence-electron chi connectivity index (χ1n) is 4.67. The van der Waals surface area contributed by atoms with Gasteiger partial charge in [-0.15, -0.1) is 0 Å². The highest BCUT2D eigenvalue weighted by Gasteiger charge is 2.24. The number of hydrogen-bond acceptors (Lipinski definition) is 3. The molecule has 1 aliphatic heterocycles. The first kappa shape index (κ1) is 10.9. The van der Waals surface area contributed by atoms with Crippen molar-refractivity contribution in [3.05, 3.63) is 0 Å². The molecule has 0 spiro atoms. The first-order valence-corrected chi connectivity index (χ1v) is 5.31. The van der Waals surface area contributed by atoms with Crippen LogP contribution in [0.3, 0.4) is 0 Å². The summed E-state index contributed by atoms with van der Waals surface area (Å²) in [5.41, 5.74) is 0. The van der Waals surface area contributed by atoms with E-state index in [2.05, 4.69) is 12.6 Å². The van der Waals surface area contributed by atoms with Crippen molar-refractivity contribution in [1.82, 2.24) is 4.90 Å². The number of morpholine rings is 1. The molecule has 1 rings (SSSR count). The summed E-state index contributed by atoms with van der Waals surface area (Å²) in [5.74, 6) is 0.816. The molecule has 4 heteroatoms. The Kier molecular flexibility index (Phi) is 4.06. The van der Waals surface area contributed by atoms with Crippen molar-refractivity contribution in [2.45, 2.75) is 32.5 Å². The van der Waals surface area contributed by atoms with Gasteiger partial charge in [-0.1, -0.05) is 0 Å². The molecule has 76 valence electrons. The predicted molar refractivity (Wildman–Crippen MR) is 55.1 cm³/mol. The van der Waals surface area contributed by atoms with E-state index in [-0.39, 0.29) is 18.1 Å². The number of carbonyl (C=O) groups is 1. The summed E-state index contributed by atoms with van der Waals surface area (Å²) >= 11 is 4.05. The molecule has 13 heavy (non-hydrogen) atoms. The van der Waals surface area contributed by atoms with Crippen molar-refractivity contribution < 1.29 is 9.53 Å². The maximum absolute atomic E-state index is 11.5. The van der Waals surface area contributed by atoms with Gasteiger partial charge in [-0.25, -0.2) is 0 Å². The third-order valence-corrected chi connectivity index (χ3v) is 2.32. The van der Waals surface area contributed by atoms with Gasteiger partial charge in [0.1, 0.15) is 0 Å². The van der Waals surface area contributed by atoms with Crippen LogP contribution in [-0.2, 0) is 9.53 Å². The average Bonchev–Trinajstić information content (AvgIpc) is 2.03. The van der Waals surface area contributed by atoms with Crippen LogP contribution < -0.4 is 0 Å². The van der Waals surface area contributed by atoms with Crippen molar-refractivity contribution in [3.8, 4) is 0 Å². The van der Waals surface area contributed by atoms with E-state index in [1.54, 1.807) is 0 Å². The Labute approximate surface area is 84.8 Å². The van der Waals surface area contributed by atoms with E-state index in [9.17, 15) is 4.79 Å². The fraction of sp³-hybridized carbons (Fsp3) is 0.889. The lowest BCUT2D eigenvalue weighted by molar-refractivity contribution is -0.142. The molecule has 3 nitrogen and oxygen atoms in total. The number of thiol groups is 1. The van der Waals surface area contributed by atoms with Crippen LogP contribution >= 0.6 is 12.6 Å². The molecule has 0 aromatic heterocycles. The molecule has 0 unspecified atom stereocenters. The molecule has 1 aliphatic rings. The van der Waals surface area contributed by atoms with Gasteiger partial charge in [-0.3, -0.25) is 4.79 Å². The van der Waals surface area contributed by atoms with Crippen molar-refractivity contribution >= 4 is 18.5 Å². The van der Waals surface area contributed by atoms with E-state index in [1.165, 1.54) is 0 Å². The van der Waals surface area contributed by atoms with Crippen molar-refractivity contribution in [3.63, 3.8) is 0 Å². The fourth-order valence-electron chi connectivity index (χ4n) is 1.64. The molecule has 1 heterocycles. The summed E-state index contributed by atoms with van der Waals surface area (Å²) in [7, 11) is 0. The fourth-order valence-corrected chi connectivity index (χ4v) is 1.83. The van der Waals surface area contributed by atoms with Crippen LogP contribution in [0.15, 0.2) is 0 Å². The highest BCUT2D eigenvalue weighted by atomic mass is 32.1. The van der Waals surface area contributed by atoms with Crippen LogP contribution in [0, 0.1) is 0 Å². The largest absolute Gasteiger partial charge is 0.372 e. The molecular weight excluding hydrogens is 186 g/mol. The zero-order valence-electron chi connectivity index (χ0n) is 8.19. The highest BCUT2D eigenvalue weighted by Crippen LogP contribution is 2.11. The normalized spacial score (nSPS) is 29.0. The Morgan fingerprint density at radius 2 is 2.00 bits per heavy atom. The van der Waals surface area contributed by atoms with Crippen molar-refractivity contribution in [2.75, 3.05) is 18.8 Å². The second kappa shape index (κ2) is 4.86. The zero-order chi connectivity index (χ0) is 9.84. The van der Waals surface area contributed by atoms with Gasteiger partial charge in [0.25, 0.3) is 0 Å². The van der Waals surface area contributed by atoms with Gasteiger partial charge in [0.15, 0.2) is 0 Å². The molecule has 0 radical (unpaired) electrons. The second-order valence-corrected chi connectivity index (χ2v) is 3.98. The Morgan fingerprint density at radius 1 is 1.46 bits per heavy atom. The number of nitrogens with zero attached hydrogens (tertiary/aromatic N) is 1. The maximum atomic E-state index is 11.5. The van der Waals surface area contributed by atoms with Crippen LogP contribution in [0.25, 0.3) is 0 Å². The van der Waals surface area contributed by atoms with Crippen LogP contribution in [0.5, 0.6) is 0 Å². The number of amides is 1. The van der Waals surface area contributed by atoms with Crippen LogP contribution in [0.4, 0.5) is 0 Å². The second-order valence-electron chi connectivity index (χ2n) is 3.53. The first-order chi connectivity index (χ1) is 6.13. The summed E-state index contributed by atoms with van der Waals surface area (Å²) in [6, 6.07) is 0. The molecule has 2 atom stereocenters. The predicted octanol–water partition coefficient (Wildman–Crippen LogP) is 0.942. The van der Waals surface area contributed by atoms with Gasteiger partial charge >= 0.3 is 0 Å². The molecular formula is C9H17NO2S. The Bertz CT molecular complexity index is 176. The molecule has 1 fully saturated rings. The van der Waals surface area contributed by atoms with E-state index in [0.717, 1.165) is 13.1 Å². The number of rotatable bonds is 2. The standard InChI is InChI=1S/C9H17NO2S/c1-7-5-10(6-8(2)12-7)9(11)3-4-13/h7-8,13H,3-6H2,1-2H3/t7-,8+. The van der Waals surface area contributed by atoms with Crippen LogP contribution in [0.2, 0.25) is 0 Å². The molecule has 0 aliphatic carbocycles. The molecule has 1 amide bonds. The highest BCUT2D eigenvalue weighted by molar-refractivity contribution is 7.80. The van der Waals surface area contributed by atoms with Gasteiger partial charge in [0.2, 0.25) is 5.91 Å². The molecule has 0 aromatic rings. The topological polar surface area (TPSA) is 29.5 Å². The molecule has 0 aromatic carbocycles. The third kappa shape index (κ3) is 3.19. The molecule has 0 N–H and O–H groups in total. The number of ether oxygens (including phenoxy) is 1. The SMILES string of the molecule is C[C@@H]1CN(C(=O)CCS)C[C@H](C)O1. The van der Waals surface area contributed by atoms with Gasteiger partial charge in [0, 0.05) is 19.5 Å². The van der Waals surface area contributed by atoms with E-state index >= 15 is 0 Å². The number of carbonyl (C=O) groups excluding carboxylic acids is 1. The minimum absolute atomic E-state index is 0.160. The van der Waals surface area contributed by atoms with E-state index in [0.29, 0.717) is 12.2 Å².